The zero-order valence-electron chi connectivity index (χ0n) is 20.3. The number of hydrogen-bond acceptors (Lipinski definition) is 4. The van der Waals surface area contributed by atoms with Crippen LogP contribution in [0.5, 0.6) is 0 Å². The highest BCUT2D eigenvalue weighted by Gasteiger charge is 2.15. The number of amides is 2. The minimum absolute atomic E-state index is 0.0584. The summed E-state index contributed by atoms with van der Waals surface area (Å²) in [6, 6.07) is 32.8. The van der Waals surface area contributed by atoms with Crippen molar-refractivity contribution >= 4 is 41.1 Å². The number of rotatable bonds is 9. The Bertz CT molecular complexity index is 1420. The van der Waals surface area contributed by atoms with Gasteiger partial charge in [0.2, 0.25) is 0 Å². The molecule has 4 aromatic carbocycles. The minimum atomic E-state index is -0.438. The van der Waals surface area contributed by atoms with E-state index in [9.17, 15) is 14.4 Å². The third kappa shape index (κ3) is 7.29. The molecule has 5 nitrogen and oxygen atoms in total. The van der Waals surface area contributed by atoms with Gasteiger partial charge in [-0.1, -0.05) is 72.8 Å². The topological polar surface area (TPSA) is 75.3 Å². The van der Waals surface area contributed by atoms with Gasteiger partial charge in [0.25, 0.3) is 11.8 Å². The second kappa shape index (κ2) is 12.5. The largest absolute Gasteiger partial charge is 0.321 e. The van der Waals surface area contributed by atoms with Crippen molar-refractivity contribution in [1.82, 2.24) is 5.32 Å². The second-order valence-electron chi connectivity index (χ2n) is 8.29. The summed E-state index contributed by atoms with van der Waals surface area (Å²) in [5.41, 5.74) is 3.66. The lowest BCUT2D eigenvalue weighted by atomic mass is 10.1. The highest BCUT2D eigenvalue weighted by atomic mass is 32.2. The van der Waals surface area contributed by atoms with Crippen molar-refractivity contribution in [1.29, 1.82) is 0 Å². The van der Waals surface area contributed by atoms with E-state index in [0.29, 0.717) is 22.6 Å². The number of ketones is 1. The Morgan fingerprint density at radius 1 is 0.730 bits per heavy atom. The zero-order chi connectivity index (χ0) is 26.0. The Morgan fingerprint density at radius 3 is 1.97 bits per heavy atom. The highest BCUT2D eigenvalue weighted by molar-refractivity contribution is 8.00. The number of Topliss-reactive ketones (excluding diaryl/α,β-unsaturated/α-hetero) is 1. The number of nitrogens with one attached hydrogen (secondary N) is 2. The van der Waals surface area contributed by atoms with Gasteiger partial charge in [-0.05, 0) is 60.5 Å². The maximum atomic E-state index is 13.2. The summed E-state index contributed by atoms with van der Waals surface area (Å²) in [4.78, 5) is 39.3. The van der Waals surface area contributed by atoms with Gasteiger partial charge in [-0.25, -0.2) is 0 Å². The van der Waals surface area contributed by atoms with Gasteiger partial charge in [0, 0.05) is 21.7 Å². The number of thioether (sulfide) groups is 1. The van der Waals surface area contributed by atoms with Crippen molar-refractivity contribution in [3.8, 4) is 0 Å². The molecule has 4 rings (SSSR count). The summed E-state index contributed by atoms with van der Waals surface area (Å²) in [5.74, 6) is -0.425. The van der Waals surface area contributed by atoms with E-state index in [1.165, 1.54) is 11.8 Å². The van der Waals surface area contributed by atoms with Crippen molar-refractivity contribution in [3.05, 3.63) is 137 Å². The Kier molecular flexibility index (Phi) is 8.68. The molecule has 0 aliphatic rings. The van der Waals surface area contributed by atoms with Crippen LogP contribution in [0.4, 0.5) is 5.69 Å². The smallest absolute Gasteiger partial charge is 0.272 e. The Balaban J connectivity index is 1.45. The number of aryl methyl sites for hydroxylation is 1. The summed E-state index contributed by atoms with van der Waals surface area (Å²) in [6.45, 7) is 1.94. The average molecular weight is 507 g/mol. The Hall–Kier alpha value is -4.42. The van der Waals surface area contributed by atoms with Crippen molar-refractivity contribution in [2.45, 2.75) is 11.8 Å². The minimum Gasteiger partial charge on any atom is -0.321 e. The van der Waals surface area contributed by atoms with Crippen LogP contribution in [0, 0.1) is 6.92 Å². The molecule has 0 spiro atoms. The van der Waals surface area contributed by atoms with Gasteiger partial charge >= 0.3 is 0 Å². The fourth-order valence-corrected chi connectivity index (χ4v) is 4.33. The van der Waals surface area contributed by atoms with Gasteiger partial charge < -0.3 is 10.6 Å². The number of carbonyl (C=O) groups is 3. The second-order valence-corrected chi connectivity index (χ2v) is 9.34. The maximum absolute atomic E-state index is 13.2. The van der Waals surface area contributed by atoms with E-state index in [2.05, 4.69) is 10.6 Å². The summed E-state index contributed by atoms with van der Waals surface area (Å²) in [6.07, 6.45) is 1.67. The van der Waals surface area contributed by atoms with Crippen LogP contribution in [0.15, 0.2) is 120 Å². The predicted octanol–water partition coefficient (Wildman–Crippen LogP) is 6.38. The van der Waals surface area contributed by atoms with Crippen LogP contribution < -0.4 is 10.6 Å². The number of anilines is 1. The number of hydrogen-bond donors (Lipinski definition) is 2. The van der Waals surface area contributed by atoms with E-state index in [1.807, 2.05) is 67.6 Å². The van der Waals surface area contributed by atoms with E-state index in [1.54, 1.807) is 54.6 Å². The molecule has 184 valence electrons. The van der Waals surface area contributed by atoms with Gasteiger partial charge in [0.1, 0.15) is 5.70 Å². The van der Waals surface area contributed by atoms with E-state index < -0.39 is 5.91 Å². The molecule has 0 saturated heterocycles. The van der Waals surface area contributed by atoms with E-state index in [-0.39, 0.29) is 17.4 Å². The predicted molar refractivity (Wildman–Crippen MR) is 150 cm³/mol. The van der Waals surface area contributed by atoms with E-state index in [0.717, 1.165) is 16.0 Å². The SMILES string of the molecule is Cc1ccccc1/C=C(\NC(=O)c1ccccc1)C(=O)Nc1ccc(SCC(=O)c2ccccc2)cc1. The first-order valence-electron chi connectivity index (χ1n) is 11.8. The molecule has 0 fully saturated rings. The molecule has 0 bridgehead atoms. The lowest BCUT2D eigenvalue weighted by molar-refractivity contribution is -0.113. The first kappa shape index (κ1) is 25.7. The molecule has 0 atom stereocenters. The molecule has 0 aliphatic heterocycles. The molecule has 0 heterocycles. The molecule has 6 heteroatoms. The van der Waals surface area contributed by atoms with Crippen molar-refractivity contribution in [2.75, 3.05) is 11.1 Å². The molecule has 0 aromatic heterocycles. The van der Waals surface area contributed by atoms with Crippen LogP contribution in [0.2, 0.25) is 0 Å². The molecular weight excluding hydrogens is 480 g/mol. The first-order valence-corrected chi connectivity index (χ1v) is 12.7. The normalized spacial score (nSPS) is 11.0. The zero-order valence-corrected chi connectivity index (χ0v) is 21.1. The van der Waals surface area contributed by atoms with Gasteiger partial charge in [0.15, 0.2) is 5.78 Å². The third-order valence-electron chi connectivity index (χ3n) is 5.59. The highest BCUT2D eigenvalue weighted by Crippen LogP contribution is 2.22. The monoisotopic (exact) mass is 506 g/mol. The Labute approximate surface area is 220 Å². The van der Waals surface area contributed by atoms with Crippen molar-refractivity contribution in [2.24, 2.45) is 0 Å². The van der Waals surface area contributed by atoms with Crippen LogP contribution >= 0.6 is 11.8 Å². The third-order valence-corrected chi connectivity index (χ3v) is 6.61. The van der Waals surface area contributed by atoms with Gasteiger partial charge in [-0.2, -0.15) is 0 Å². The molecule has 2 amide bonds. The quantitative estimate of drug-likeness (QED) is 0.157. The standard InChI is InChI=1S/C31H26N2O3S/c1-22-10-8-9-15-25(22)20-28(33-30(35)24-13-6-3-7-14-24)31(36)32-26-16-18-27(19-17-26)37-21-29(34)23-11-4-2-5-12-23/h2-20H,21H2,1H3,(H,32,36)(H,33,35)/b28-20-. The summed E-state index contributed by atoms with van der Waals surface area (Å²) in [7, 11) is 0. The summed E-state index contributed by atoms with van der Waals surface area (Å²) in [5, 5.41) is 5.62. The van der Waals surface area contributed by atoms with Gasteiger partial charge in [0.05, 0.1) is 5.75 Å². The molecular formula is C31H26N2O3S. The molecule has 2 N–H and O–H groups in total. The van der Waals surface area contributed by atoms with Crippen molar-refractivity contribution in [3.63, 3.8) is 0 Å². The molecule has 0 unspecified atom stereocenters. The Morgan fingerprint density at radius 2 is 1.32 bits per heavy atom. The van der Waals surface area contributed by atoms with Crippen LogP contribution in [0.3, 0.4) is 0 Å². The average Bonchev–Trinajstić information content (AvgIpc) is 2.94. The summed E-state index contributed by atoms with van der Waals surface area (Å²) >= 11 is 1.44. The fraction of sp³-hybridized carbons (Fsp3) is 0.0645. The lowest BCUT2D eigenvalue weighted by Gasteiger charge is -2.12. The van der Waals surface area contributed by atoms with Crippen LogP contribution in [-0.2, 0) is 4.79 Å². The van der Waals surface area contributed by atoms with Crippen molar-refractivity contribution < 1.29 is 14.4 Å². The molecule has 0 aliphatic carbocycles. The molecule has 37 heavy (non-hydrogen) atoms. The van der Waals surface area contributed by atoms with Crippen LogP contribution in [0.1, 0.15) is 31.8 Å². The molecule has 0 radical (unpaired) electrons. The van der Waals surface area contributed by atoms with Gasteiger partial charge in [-0.15, -0.1) is 11.8 Å². The number of benzene rings is 4. The molecule has 4 aromatic rings. The summed E-state index contributed by atoms with van der Waals surface area (Å²) < 4.78 is 0. The fourth-order valence-electron chi connectivity index (χ4n) is 3.54. The first-order chi connectivity index (χ1) is 18.0. The maximum Gasteiger partial charge on any atom is 0.272 e. The van der Waals surface area contributed by atoms with Crippen LogP contribution in [0.25, 0.3) is 6.08 Å². The lowest BCUT2D eigenvalue weighted by Crippen LogP contribution is -2.30. The number of carbonyl (C=O) groups excluding carboxylic acids is 3. The van der Waals surface area contributed by atoms with E-state index >= 15 is 0 Å². The molecule has 0 saturated carbocycles. The van der Waals surface area contributed by atoms with Gasteiger partial charge in [-0.3, -0.25) is 14.4 Å². The van der Waals surface area contributed by atoms with Crippen LogP contribution in [-0.4, -0.2) is 23.4 Å². The van der Waals surface area contributed by atoms with E-state index in [4.69, 9.17) is 0 Å².